The van der Waals surface area contributed by atoms with E-state index in [9.17, 15) is 0 Å². The zero-order valence-corrected chi connectivity index (χ0v) is 11.8. The van der Waals surface area contributed by atoms with Crippen molar-refractivity contribution in [3.8, 4) is 11.8 Å². The summed E-state index contributed by atoms with van der Waals surface area (Å²) in [7, 11) is 0. The first-order valence-electron chi connectivity index (χ1n) is 6.71. The van der Waals surface area contributed by atoms with E-state index in [0.29, 0.717) is 0 Å². The van der Waals surface area contributed by atoms with Crippen molar-refractivity contribution >= 4 is 11.3 Å². The Morgan fingerprint density at radius 1 is 1.50 bits per heavy atom. The maximum Gasteiger partial charge on any atom is 0.104 e. The predicted molar refractivity (Wildman–Crippen MR) is 76.6 cm³/mol. The van der Waals surface area contributed by atoms with Crippen LogP contribution in [-0.4, -0.2) is 29.7 Å². The van der Waals surface area contributed by atoms with E-state index in [2.05, 4.69) is 35.1 Å². The number of aliphatic hydroxyl groups excluding tert-OH is 1. The van der Waals surface area contributed by atoms with Gasteiger partial charge in [0.1, 0.15) is 6.61 Å². The number of rotatable bonds is 6. The minimum absolute atomic E-state index is 0.0607. The first-order chi connectivity index (χ1) is 8.81. The molecule has 2 rings (SSSR count). The van der Waals surface area contributed by atoms with Gasteiger partial charge in [0, 0.05) is 28.9 Å². The molecule has 1 saturated carbocycles. The summed E-state index contributed by atoms with van der Waals surface area (Å²) in [4.78, 5) is 3.94. The Hall–Kier alpha value is -0.820. The average molecular weight is 263 g/mol. The molecule has 0 unspecified atom stereocenters. The molecule has 1 aliphatic rings. The number of thiophene rings is 1. The lowest BCUT2D eigenvalue weighted by Gasteiger charge is -2.20. The molecular formula is C15H21NOS. The van der Waals surface area contributed by atoms with E-state index >= 15 is 0 Å². The van der Waals surface area contributed by atoms with E-state index in [1.807, 2.05) is 0 Å². The molecule has 18 heavy (non-hydrogen) atoms. The monoisotopic (exact) mass is 263 g/mol. The summed E-state index contributed by atoms with van der Waals surface area (Å²) >= 11 is 1.78. The van der Waals surface area contributed by atoms with Crippen molar-refractivity contribution in [3.05, 3.63) is 21.9 Å². The van der Waals surface area contributed by atoms with Crippen molar-refractivity contribution in [1.82, 2.24) is 4.90 Å². The third kappa shape index (κ3) is 4.45. The summed E-state index contributed by atoms with van der Waals surface area (Å²) in [6.07, 6.45) is 4.05. The van der Waals surface area contributed by atoms with Crippen molar-refractivity contribution in [3.63, 3.8) is 0 Å². The fourth-order valence-electron chi connectivity index (χ4n) is 2.11. The molecule has 0 saturated heterocycles. The summed E-state index contributed by atoms with van der Waals surface area (Å²) in [5.41, 5.74) is 1.03. The minimum Gasteiger partial charge on any atom is -0.384 e. The number of nitrogens with zero attached hydrogens (tertiary/aromatic N) is 1. The van der Waals surface area contributed by atoms with Gasteiger partial charge in [0.15, 0.2) is 0 Å². The van der Waals surface area contributed by atoms with Gasteiger partial charge in [-0.3, -0.25) is 4.90 Å². The topological polar surface area (TPSA) is 23.5 Å². The molecule has 0 spiro atoms. The Balaban J connectivity index is 1.90. The molecule has 0 aliphatic heterocycles. The first kappa shape index (κ1) is 13.6. The molecule has 0 bridgehead atoms. The quantitative estimate of drug-likeness (QED) is 0.798. The van der Waals surface area contributed by atoms with Gasteiger partial charge in [-0.05, 0) is 37.8 Å². The Morgan fingerprint density at radius 2 is 2.33 bits per heavy atom. The standard InChI is InChI=1S/C15H21NOS/c1-2-7-16(10-13-5-6-13)11-15-9-14(12-18-15)4-3-8-17/h9,12-13,17H,2,5-8,10-11H2,1H3. The highest BCUT2D eigenvalue weighted by Crippen LogP contribution is 2.30. The van der Waals surface area contributed by atoms with Crippen molar-refractivity contribution in [2.45, 2.75) is 32.7 Å². The van der Waals surface area contributed by atoms with Gasteiger partial charge >= 0.3 is 0 Å². The number of aliphatic hydroxyl groups is 1. The summed E-state index contributed by atoms with van der Waals surface area (Å²) in [6, 6.07) is 2.16. The van der Waals surface area contributed by atoms with Crippen LogP contribution in [0.1, 0.15) is 36.6 Å². The van der Waals surface area contributed by atoms with E-state index in [0.717, 1.165) is 18.0 Å². The molecule has 2 nitrogen and oxygen atoms in total. The second kappa shape index (κ2) is 6.94. The highest BCUT2D eigenvalue weighted by Gasteiger charge is 2.24. The smallest absolute Gasteiger partial charge is 0.104 e. The van der Waals surface area contributed by atoms with Gasteiger partial charge in [-0.1, -0.05) is 18.8 Å². The third-order valence-electron chi connectivity index (χ3n) is 3.10. The summed E-state index contributed by atoms with van der Waals surface area (Å²) < 4.78 is 0. The molecular weight excluding hydrogens is 242 g/mol. The van der Waals surface area contributed by atoms with E-state index in [-0.39, 0.29) is 6.61 Å². The normalized spacial score (nSPS) is 14.6. The van der Waals surface area contributed by atoms with Gasteiger partial charge in [-0.2, -0.15) is 0 Å². The van der Waals surface area contributed by atoms with E-state index < -0.39 is 0 Å². The Morgan fingerprint density at radius 3 is 3.00 bits per heavy atom. The molecule has 1 aliphatic carbocycles. The van der Waals surface area contributed by atoms with Crippen molar-refractivity contribution in [1.29, 1.82) is 0 Å². The summed E-state index contributed by atoms with van der Waals surface area (Å²) in [5, 5.41) is 10.8. The number of hydrogen-bond acceptors (Lipinski definition) is 3. The van der Waals surface area contributed by atoms with Crippen LogP contribution in [0.3, 0.4) is 0 Å². The fourth-order valence-corrected chi connectivity index (χ4v) is 2.97. The van der Waals surface area contributed by atoms with Crippen molar-refractivity contribution < 1.29 is 5.11 Å². The molecule has 1 aromatic rings. The van der Waals surface area contributed by atoms with Crippen molar-refractivity contribution in [2.75, 3.05) is 19.7 Å². The van der Waals surface area contributed by atoms with Gasteiger partial charge in [-0.25, -0.2) is 0 Å². The Bertz CT molecular complexity index is 425. The van der Waals surface area contributed by atoms with Crippen molar-refractivity contribution in [2.24, 2.45) is 5.92 Å². The molecule has 0 atom stereocenters. The predicted octanol–water partition coefficient (Wildman–Crippen LogP) is 2.71. The molecule has 0 radical (unpaired) electrons. The molecule has 1 heterocycles. The highest BCUT2D eigenvalue weighted by atomic mass is 32.1. The molecule has 0 amide bonds. The lowest BCUT2D eigenvalue weighted by atomic mass is 10.2. The van der Waals surface area contributed by atoms with Crippen LogP contribution in [0.4, 0.5) is 0 Å². The SMILES string of the molecule is CCCN(Cc1cc(C#CCO)cs1)CC1CC1. The first-order valence-corrected chi connectivity index (χ1v) is 7.59. The van der Waals surface area contributed by atoms with Gasteiger partial charge < -0.3 is 5.11 Å². The van der Waals surface area contributed by atoms with Crippen LogP contribution in [0.25, 0.3) is 0 Å². The van der Waals surface area contributed by atoms with Crippen LogP contribution in [0.15, 0.2) is 11.4 Å². The molecule has 0 aromatic carbocycles. The van der Waals surface area contributed by atoms with Gasteiger partial charge in [0.2, 0.25) is 0 Å². The number of hydrogen-bond donors (Lipinski definition) is 1. The second-order valence-electron chi connectivity index (χ2n) is 4.94. The maximum atomic E-state index is 8.68. The van der Waals surface area contributed by atoms with Gasteiger partial charge in [0.05, 0.1) is 0 Å². The summed E-state index contributed by atoms with van der Waals surface area (Å²) in [5.74, 6) is 6.61. The Labute approximate surface area is 114 Å². The van der Waals surface area contributed by atoms with Gasteiger partial charge in [-0.15, -0.1) is 11.3 Å². The van der Waals surface area contributed by atoms with E-state index in [1.165, 1.54) is 37.2 Å². The average Bonchev–Trinajstić information content (AvgIpc) is 3.05. The molecule has 1 fully saturated rings. The van der Waals surface area contributed by atoms with Crippen LogP contribution >= 0.6 is 11.3 Å². The lowest BCUT2D eigenvalue weighted by Crippen LogP contribution is -2.25. The summed E-state index contributed by atoms with van der Waals surface area (Å²) in [6.45, 7) is 5.67. The second-order valence-corrected chi connectivity index (χ2v) is 5.94. The van der Waals surface area contributed by atoms with E-state index in [1.54, 1.807) is 11.3 Å². The van der Waals surface area contributed by atoms with Gasteiger partial charge in [0.25, 0.3) is 0 Å². The molecule has 98 valence electrons. The van der Waals surface area contributed by atoms with E-state index in [4.69, 9.17) is 5.11 Å². The fraction of sp³-hybridized carbons (Fsp3) is 0.600. The zero-order valence-electron chi connectivity index (χ0n) is 11.0. The highest BCUT2D eigenvalue weighted by molar-refractivity contribution is 7.10. The third-order valence-corrected chi connectivity index (χ3v) is 4.02. The Kier molecular flexibility index (Phi) is 5.25. The lowest BCUT2D eigenvalue weighted by molar-refractivity contribution is 0.257. The minimum atomic E-state index is -0.0607. The van der Waals surface area contributed by atoms with Crippen LogP contribution in [0.2, 0.25) is 0 Å². The van der Waals surface area contributed by atoms with Crippen LogP contribution < -0.4 is 0 Å². The van der Waals surface area contributed by atoms with Crippen LogP contribution in [0.5, 0.6) is 0 Å². The maximum absolute atomic E-state index is 8.68. The van der Waals surface area contributed by atoms with Crippen LogP contribution in [0, 0.1) is 17.8 Å². The zero-order chi connectivity index (χ0) is 12.8. The van der Waals surface area contributed by atoms with Crippen LogP contribution in [-0.2, 0) is 6.54 Å². The largest absolute Gasteiger partial charge is 0.384 e. The molecule has 3 heteroatoms. The molecule has 1 N–H and O–H groups in total. The molecule has 1 aromatic heterocycles.